The minimum atomic E-state index is 0.332. The van der Waals surface area contributed by atoms with Gasteiger partial charge >= 0.3 is 0 Å². The molecule has 2 bridgehead atoms. The van der Waals surface area contributed by atoms with E-state index in [1.807, 2.05) is 0 Å². The summed E-state index contributed by atoms with van der Waals surface area (Å²) in [5, 5.41) is 2.99. The first kappa shape index (κ1) is 9.04. The van der Waals surface area contributed by atoms with Crippen LogP contribution in [0.3, 0.4) is 0 Å². The van der Waals surface area contributed by atoms with E-state index in [4.69, 9.17) is 0 Å². The van der Waals surface area contributed by atoms with Crippen LogP contribution in [0.25, 0.3) is 0 Å². The summed E-state index contributed by atoms with van der Waals surface area (Å²) in [7, 11) is 0. The second-order valence-corrected chi connectivity index (χ2v) is 5.45. The standard InChI is InChI=1S/C11H19NO/c1-10(2)8-4-5-11(10,3)9(6-8)12-7-13/h7-9H,4-6H2,1-3H3,(H,12,13)/t8-,9-,11-/m1/s1. The molecule has 2 fully saturated rings. The number of hydrogen-bond donors (Lipinski definition) is 1. The van der Waals surface area contributed by atoms with E-state index in [1.165, 1.54) is 19.3 Å². The molecule has 2 rings (SSSR count). The van der Waals surface area contributed by atoms with Crippen LogP contribution in [0.15, 0.2) is 0 Å². The largest absolute Gasteiger partial charge is 0.355 e. The fraction of sp³-hybridized carbons (Fsp3) is 0.909. The maximum absolute atomic E-state index is 10.5. The van der Waals surface area contributed by atoms with Crippen LogP contribution in [0.5, 0.6) is 0 Å². The van der Waals surface area contributed by atoms with Crippen LogP contribution in [0.4, 0.5) is 0 Å². The van der Waals surface area contributed by atoms with Crippen LogP contribution in [0.1, 0.15) is 40.0 Å². The molecule has 74 valence electrons. The van der Waals surface area contributed by atoms with Gasteiger partial charge < -0.3 is 5.32 Å². The molecule has 3 atom stereocenters. The fourth-order valence-corrected chi connectivity index (χ4v) is 3.54. The molecule has 2 heteroatoms. The SMILES string of the molecule is CC1(C)[C@@H]2CC[C@]1(C)[C@H](NC=O)C2. The molecule has 0 radical (unpaired) electrons. The number of carbonyl (C=O) groups is 1. The minimum absolute atomic E-state index is 0.332. The van der Waals surface area contributed by atoms with Crippen molar-refractivity contribution in [2.75, 3.05) is 0 Å². The second kappa shape index (κ2) is 2.49. The molecule has 0 aliphatic heterocycles. The number of carbonyl (C=O) groups excluding carboxylic acids is 1. The van der Waals surface area contributed by atoms with Gasteiger partial charge in [-0.25, -0.2) is 0 Å². The Hall–Kier alpha value is -0.530. The molecule has 0 heterocycles. The van der Waals surface area contributed by atoms with Crippen LogP contribution >= 0.6 is 0 Å². The normalized spacial score (nSPS) is 46.4. The summed E-state index contributed by atoms with van der Waals surface area (Å²) in [4.78, 5) is 10.5. The predicted octanol–water partition coefficient (Wildman–Crippen LogP) is 1.95. The molecule has 0 spiro atoms. The van der Waals surface area contributed by atoms with Crippen molar-refractivity contribution in [3.8, 4) is 0 Å². The van der Waals surface area contributed by atoms with E-state index in [9.17, 15) is 4.79 Å². The highest BCUT2D eigenvalue weighted by atomic mass is 16.1. The number of hydrogen-bond acceptors (Lipinski definition) is 1. The number of amides is 1. The first-order valence-corrected chi connectivity index (χ1v) is 5.22. The summed E-state index contributed by atoms with van der Waals surface area (Å²) in [5.74, 6) is 0.815. The lowest BCUT2D eigenvalue weighted by atomic mass is 9.69. The molecule has 0 aromatic carbocycles. The summed E-state index contributed by atoms with van der Waals surface area (Å²) < 4.78 is 0. The minimum Gasteiger partial charge on any atom is -0.355 e. The lowest BCUT2D eigenvalue weighted by molar-refractivity contribution is -0.111. The zero-order chi connectivity index (χ0) is 9.69. The van der Waals surface area contributed by atoms with E-state index < -0.39 is 0 Å². The van der Waals surface area contributed by atoms with Crippen LogP contribution < -0.4 is 5.32 Å². The summed E-state index contributed by atoms with van der Waals surface area (Å²) in [5.41, 5.74) is 0.742. The van der Waals surface area contributed by atoms with Gasteiger partial charge in [-0.15, -0.1) is 0 Å². The molecular weight excluding hydrogens is 162 g/mol. The Morgan fingerprint density at radius 2 is 2.08 bits per heavy atom. The third-order valence-electron chi connectivity index (χ3n) is 5.06. The average molecular weight is 181 g/mol. The summed E-state index contributed by atoms with van der Waals surface area (Å²) in [6.07, 6.45) is 4.67. The molecule has 2 aliphatic rings. The van der Waals surface area contributed by atoms with Gasteiger partial charge in [0, 0.05) is 6.04 Å². The Kier molecular flexibility index (Phi) is 1.73. The third kappa shape index (κ3) is 0.918. The van der Waals surface area contributed by atoms with Gasteiger partial charge in [-0.1, -0.05) is 20.8 Å². The highest BCUT2D eigenvalue weighted by molar-refractivity contribution is 5.47. The van der Waals surface area contributed by atoms with Gasteiger partial charge in [0.1, 0.15) is 0 Å². The highest BCUT2D eigenvalue weighted by Gasteiger charge is 2.61. The van der Waals surface area contributed by atoms with Gasteiger partial charge in [-0.3, -0.25) is 4.79 Å². The zero-order valence-electron chi connectivity index (χ0n) is 8.76. The van der Waals surface area contributed by atoms with Crippen molar-refractivity contribution >= 4 is 6.41 Å². The highest BCUT2D eigenvalue weighted by Crippen LogP contribution is 2.65. The molecule has 1 N–H and O–H groups in total. The van der Waals surface area contributed by atoms with Crippen molar-refractivity contribution in [3.63, 3.8) is 0 Å². The molecule has 0 saturated heterocycles. The van der Waals surface area contributed by atoms with E-state index >= 15 is 0 Å². The van der Waals surface area contributed by atoms with Gasteiger partial charge in [0.2, 0.25) is 6.41 Å². The van der Waals surface area contributed by atoms with E-state index in [2.05, 4.69) is 26.1 Å². The summed E-state index contributed by atoms with van der Waals surface area (Å²) in [6.45, 7) is 7.05. The van der Waals surface area contributed by atoms with Gasteiger partial charge in [-0.05, 0) is 36.0 Å². The monoisotopic (exact) mass is 181 g/mol. The van der Waals surface area contributed by atoms with E-state index in [0.29, 0.717) is 16.9 Å². The fourth-order valence-electron chi connectivity index (χ4n) is 3.54. The van der Waals surface area contributed by atoms with Crippen LogP contribution in [-0.4, -0.2) is 12.5 Å². The maximum Gasteiger partial charge on any atom is 0.207 e. The van der Waals surface area contributed by atoms with Gasteiger partial charge in [0.15, 0.2) is 0 Å². The Bertz CT molecular complexity index is 236. The van der Waals surface area contributed by atoms with Crippen LogP contribution in [0, 0.1) is 16.7 Å². The Balaban J connectivity index is 2.27. The molecular formula is C11H19NO. The topological polar surface area (TPSA) is 29.1 Å². The average Bonchev–Trinajstić information content (AvgIpc) is 2.37. The molecule has 1 amide bonds. The Morgan fingerprint density at radius 1 is 1.38 bits per heavy atom. The first-order valence-electron chi connectivity index (χ1n) is 5.22. The number of nitrogens with one attached hydrogen (secondary N) is 1. The molecule has 2 saturated carbocycles. The van der Waals surface area contributed by atoms with Crippen molar-refractivity contribution in [2.24, 2.45) is 16.7 Å². The summed E-state index contributed by atoms with van der Waals surface area (Å²) in [6, 6.07) is 0.416. The lowest BCUT2D eigenvalue weighted by Crippen LogP contribution is -2.43. The van der Waals surface area contributed by atoms with Crippen LogP contribution in [-0.2, 0) is 4.79 Å². The maximum atomic E-state index is 10.5. The predicted molar refractivity (Wildman–Crippen MR) is 52.2 cm³/mol. The number of fused-ring (bicyclic) bond motifs is 2. The zero-order valence-corrected chi connectivity index (χ0v) is 8.76. The molecule has 2 nitrogen and oxygen atoms in total. The molecule has 0 aromatic rings. The smallest absolute Gasteiger partial charge is 0.207 e. The van der Waals surface area contributed by atoms with E-state index in [0.717, 1.165) is 12.3 Å². The van der Waals surface area contributed by atoms with Crippen LogP contribution in [0.2, 0.25) is 0 Å². The second-order valence-electron chi connectivity index (χ2n) is 5.45. The van der Waals surface area contributed by atoms with Crippen molar-refractivity contribution in [1.82, 2.24) is 5.32 Å². The third-order valence-corrected chi connectivity index (χ3v) is 5.06. The number of rotatable bonds is 2. The van der Waals surface area contributed by atoms with E-state index in [1.54, 1.807) is 0 Å². The first-order chi connectivity index (χ1) is 6.02. The lowest BCUT2D eigenvalue weighted by Gasteiger charge is -2.38. The van der Waals surface area contributed by atoms with Crippen molar-refractivity contribution < 1.29 is 4.79 Å². The van der Waals surface area contributed by atoms with Crippen molar-refractivity contribution in [2.45, 2.75) is 46.1 Å². The molecule has 13 heavy (non-hydrogen) atoms. The molecule has 2 aliphatic carbocycles. The quantitative estimate of drug-likeness (QED) is 0.648. The van der Waals surface area contributed by atoms with Crippen molar-refractivity contribution in [1.29, 1.82) is 0 Å². The van der Waals surface area contributed by atoms with Gasteiger partial charge in [0.05, 0.1) is 0 Å². The van der Waals surface area contributed by atoms with Gasteiger partial charge in [0.25, 0.3) is 0 Å². The van der Waals surface area contributed by atoms with E-state index in [-0.39, 0.29) is 0 Å². The Labute approximate surface area is 80.1 Å². The van der Waals surface area contributed by atoms with Crippen molar-refractivity contribution in [3.05, 3.63) is 0 Å². The molecule has 0 unspecified atom stereocenters. The van der Waals surface area contributed by atoms with Gasteiger partial charge in [-0.2, -0.15) is 0 Å². The molecule has 0 aromatic heterocycles. The summed E-state index contributed by atoms with van der Waals surface area (Å²) >= 11 is 0. The Morgan fingerprint density at radius 3 is 2.46 bits per heavy atom.